The minimum atomic E-state index is -0.754. The number of benzene rings is 1. The van der Waals surface area contributed by atoms with Crippen molar-refractivity contribution in [1.29, 1.82) is 0 Å². The molecule has 0 bridgehead atoms. The summed E-state index contributed by atoms with van der Waals surface area (Å²) in [5, 5.41) is 9.52. The number of nitrogens with one attached hydrogen (secondary N) is 1. The summed E-state index contributed by atoms with van der Waals surface area (Å²) in [4.78, 5) is 27.2. The maximum atomic E-state index is 13.3. The summed E-state index contributed by atoms with van der Waals surface area (Å²) in [6.07, 6.45) is 0. The second-order valence-corrected chi connectivity index (χ2v) is 10.7. The summed E-state index contributed by atoms with van der Waals surface area (Å²) in [7, 11) is 3.94. The van der Waals surface area contributed by atoms with Gasteiger partial charge in [0, 0.05) is 17.4 Å². The summed E-state index contributed by atoms with van der Waals surface area (Å²) in [5.41, 5.74) is -0.198. The maximum absolute atomic E-state index is 13.3. The molecule has 7 heteroatoms. The Hall–Kier alpha value is -1.86. The van der Waals surface area contributed by atoms with Crippen LogP contribution in [0.1, 0.15) is 47.1 Å². The molecule has 0 saturated carbocycles. The Morgan fingerprint density at radius 3 is 2.11 bits per heavy atom. The molecule has 1 heterocycles. The Balaban J connectivity index is 2.55. The first-order chi connectivity index (χ1) is 12.8. The molecule has 1 atom stereocenters. The normalized spacial score (nSPS) is 20.3. The Kier molecular flexibility index (Phi) is 6.31. The van der Waals surface area contributed by atoms with Gasteiger partial charge in [-0.1, -0.05) is 71.9 Å². The average Bonchev–Trinajstić information content (AvgIpc) is 2.91. The molecule has 0 spiro atoms. The van der Waals surface area contributed by atoms with Gasteiger partial charge < -0.3 is 10.2 Å². The second kappa shape index (κ2) is 7.87. The fraction of sp³-hybridized carbons (Fsp3) is 0.571. The third-order valence-electron chi connectivity index (χ3n) is 4.29. The standard InChI is InChI=1S/C21H32N4O2S/c1-19(2,3)16(26)22-18-23-25(17(27)20(4,5)6)21(28-18,14-24(7)8)15-12-10-9-11-13-15/h9-13H,14H2,1-8H3,(H,22,23,26). The van der Waals surface area contributed by atoms with E-state index in [4.69, 9.17) is 0 Å². The zero-order valence-corrected chi connectivity index (χ0v) is 19.0. The molecule has 1 aliphatic heterocycles. The summed E-state index contributed by atoms with van der Waals surface area (Å²) in [6.45, 7) is 11.8. The van der Waals surface area contributed by atoms with Gasteiger partial charge in [0.2, 0.25) is 11.8 Å². The molecular weight excluding hydrogens is 372 g/mol. The van der Waals surface area contributed by atoms with Gasteiger partial charge in [0.1, 0.15) is 0 Å². The minimum absolute atomic E-state index is 0.0919. The second-order valence-electron chi connectivity index (χ2n) is 9.47. The Labute approximate surface area is 172 Å². The van der Waals surface area contributed by atoms with Crippen LogP contribution in [0, 0.1) is 10.8 Å². The van der Waals surface area contributed by atoms with Crippen molar-refractivity contribution < 1.29 is 9.59 Å². The molecule has 2 amide bonds. The molecule has 1 unspecified atom stereocenters. The Morgan fingerprint density at radius 1 is 1.07 bits per heavy atom. The molecule has 0 aromatic heterocycles. The van der Waals surface area contributed by atoms with Gasteiger partial charge in [-0.25, -0.2) is 5.01 Å². The highest BCUT2D eigenvalue weighted by molar-refractivity contribution is 8.14. The Bertz CT molecular complexity index is 763. The van der Waals surface area contributed by atoms with Gasteiger partial charge in [-0.15, -0.1) is 5.10 Å². The van der Waals surface area contributed by atoms with Crippen molar-refractivity contribution in [3.63, 3.8) is 0 Å². The highest BCUT2D eigenvalue weighted by Gasteiger charge is 2.51. The lowest BCUT2D eigenvalue weighted by Gasteiger charge is -2.39. The molecule has 0 aliphatic carbocycles. The zero-order valence-electron chi connectivity index (χ0n) is 18.2. The number of thioether (sulfide) groups is 1. The smallest absolute Gasteiger partial charge is 0.249 e. The van der Waals surface area contributed by atoms with E-state index in [2.05, 4.69) is 10.4 Å². The average molecular weight is 405 g/mol. The van der Waals surface area contributed by atoms with Crippen LogP contribution in [0.5, 0.6) is 0 Å². The molecule has 0 radical (unpaired) electrons. The first-order valence-corrected chi connectivity index (χ1v) is 10.2. The van der Waals surface area contributed by atoms with E-state index in [0.29, 0.717) is 11.7 Å². The van der Waals surface area contributed by atoms with Gasteiger partial charge in [0.05, 0.1) is 0 Å². The summed E-state index contributed by atoms with van der Waals surface area (Å²) in [6, 6.07) is 9.87. The van der Waals surface area contributed by atoms with Crippen molar-refractivity contribution in [3.8, 4) is 0 Å². The first-order valence-electron chi connectivity index (χ1n) is 9.41. The molecule has 1 aliphatic rings. The van der Waals surface area contributed by atoms with E-state index in [1.54, 1.807) is 5.01 Å². The molecule has 1 aromatic carbocycles. The topological polar surface area (TPSA) is 65.0 Å². The first kappa shape index (κ1) is 22.4. The van der Waals surface area contributed by atoms with E-state index in [9.17, 15) is 9.59 Å². The van der Waals surface area contributed by atoms with Crippen molar-refractivity contribution in [2.45, 2.75) is 46.4 Å². The number of hydrogen-bond acceptors (Lipinski definition) is 5. The number of carbonyl (C=O) groups excluding carboxylic acids is 2. The van der Waals surface area contributed by atoms with Gasteiger partial charge >= 0.3 is 0 Å². The largest absolute Gasteiger partial charge is 0.306 e. The van der Waals surface area contributed by atoms with Gasteiger partial charge in [-0.2, -0.15) is 0 Å². The zero-order chi connectivity index (χ0) is 21.3. The van der Waals surface area contributed by atoms with Crippen LogP contribution in [0.25, 0.3) is 0 Å². The predicted molar refractivity (Wildman–Crippen MR) is 116 cm³/mol. The molecule has 0 fully saturated rings. The van der Waals surface area contributed by atoms with Crippen LogP contribution in [0.4, 0.5) is 0 Å². The van der Waals surface area contributed by atoms with E-state index in [0.717, 1.165) is 5.56 Å². The number of amidine groups is 1. The van der Waals surface area contributed by atoms with Gasteiger partial charge in [-0.05, 0) is 31.4 Å². The molecule has 154 valence electrons. The lowest BCUT2D eigenvalue weighted by Crippen LogP contribution is -2.51. The minimum Gasteiger partial charge on any atom is -0.306 e. The van der Waals surface area contributed by atoms with Crippen molar-refractivity contribution in [3.05, 3.63) is 35.9 Å². The SMILES string of the molecule is CN(C)CC1(c2ccccc2)SC(NC(=O)C(C)(C)C)=NN1C(=O)C(C)(C)C. The number of carbonyl (C=O) groups is 2. The van der Waals surface area contributed by atoms with Crippen molar-refractivity contribution in [2.75, 3.05) is 20.6 Å². The number of amides is 2. The molecule has 1 aromatic rings. The fourth-order valence-electron chi connectivity index (χ4n) is 2.76. The van der Waals surface area contributed by atoms with Crippen molar-refractivity contribution >= 4 is 28.7 Å². The van der Waals surface area contributed by atoms with Gasteiger partial charge in [0.25, 0.3) is 0 Å². The number of nitrogens with zero attached hydrogens (tertiary/aromatic N) is 3. The number of likely N-dealkylation sites (N-methyl/N-ethyl adjacent to an activating group) is 1. The van der Waals surface area contributed by atoms with E-state index in [1.165, 1.54) is 11.8 Å². The quantitative estimate of drug-likeness (QED) is 0.838. The monoisotopic (exact) mass is 404 g/mol. The Morgan fingerprint density at radius 2 is 1.64 bits per heavy atom. The van der Waals surface area contributed by atoms with Gasteiger partial charge in [-0.3, -0.25) is 9.59 Å². The number of hydrogen-bond donors (Lipinski definition) is 1. The number of rotatable bonds is 3. The van der Waals surface area contributed by atoms with Crippen molar-refractivity contribution in [1.82, 2.24) is 15.2 Å². The lowest BCUT2D eigenvalue weighted by atomic mass is 9.93. The van der Waals surface area contributed by atoms with Gasteiger partial charge in [0.15, 0.2) is 10.0 Å². The summed E-state index contributed by atoms with van der Waals surface area (Å²) < 4.78 is 0. The summed E-state index contributed by atoms with van der Waals surface area (Å²) in [5.74, 6) is -0.221. The highest BCUT2D eigenvalue weighted by Crippen LogP contribution is 2.47. The molecule has 0 saturated heterocycles. The van der Waals surface area contributed by atoms with Crippen LogP contribution >= 0.6 is 11.8 Å². The third kappa shape index (κ3) is 4.75. The van der Waals surface area contributed by atoms with E-state index in [1.807, 2.05) is 90.9 Å². The van der Waals surface area contributed by atoms with E-state index in [-0.39, 0.29) is 11.8 Å². The van der Waals surface area contributed by atoms with Crippen LogP contribution in [0.3, 0.4) is 0 Å². The third-order valence-corrected chi connectivity index (χ3v) is 5.54. The van der Waals surface area contributed by atoms with Crippen LogP contribution in [0.15, 0.2) is 35.4 Å². The molecular formula is C21H32N4O2S. The van der Waals surface area contributed by atoms with Crippen molar-refractivity contribution in [2.24, 2.45) is 15.9 Å². The molecule has 28 heavy (non-hydrogen) atoms. The summed E-state index contributed by atoms with van der Waals surface area (Å²) >= 11 is 1.42. The molecule has 2 rings (SSSR count). The number of hydrazone groups is 1. The predicted octanol–water partition coefficient (Wildman–Crippen LogP) is 3.46. The molecule has 6 nitrogen and oxygen atoms in total. The maximum Gasteiger partial charge on any atom is 0.249 e. The van der Waals surface area contributed by atoms with Crippen LogP contribution < -0.4 is 5.32 Å². The molecule has 1 N–H and O–H groups in total. The fourth-order valence-corrected chi connectivity index (χ4v) is 4.13. The van der Waals surface area contributed by atoms with Crippen LogP contribution in [-0.2, 0) is 14.5 Å². The van der Waals surface area contributed by atoms with Crippen LogP contribution in [-0.4, -0.2) is 47.5 Å². The lowest BCUT2D eigenvalue weighted by molar-refractivity contribution is -0.143. The van der Waals surface area contributed by atoms with E-state index < -0.39 is 15.7 Å². The highest BCUT2D eigenvalue weighted by atomic mass is 32.2. The van der Waals surface area contributed by atoms with Crippen LogP contribution in [0.2, 0.25) is 0 Å². The van der Waals surface area contributed by atoms with E-state index >= 15 is 0 Å².